The number of nitrogens with zero attached hydrogens (tertiary/aromatic N) is 2. The normalized spacial score (nSPS) is 14.2. The Labute approximate surface area is 184 Å². The van der Waals surface area contributed by atoms with Crippen molar-refractivity contribution in [1.82, 2.24) is 0 Å². The van der Waals surface area contributed by atoms with Crippen molar-refractivity contribution in [2.24, 2.45) is 4.99 Å². The third kappa shape index (κ3) is 4.73. The SMILES string of the molecule is Cc1cccc(COc2cccc(/C=C3\N=C(c4ccc(C)c([N+](=O)[O-])c4)OC3=O)c2)c1. The Morgan fingerprint density at radius 2 is 1.88 bits per heavy atom. The third-order valence-electron chi connectivity index (χ3n) is 4.92. The zero-order valence-electron chi connectivity index (χ0n) is 17.6. The fourth-order valence-corrected chi connectivity index (χ4v) is 3.29. The quantitative estimate of drug-likeness (QED) is 0.235. The number of benzene rings is 3. The Balaban J connectivity index is 1.54. The molecule has 3 aromatic carbocycles. The molecule has 0 aliphatic carbocycles. The van der Waals surface area contributed by atoms with E-state index in [1.54, 1.807) is 31.2 Å². The molecule has 0 bridgehead atoms. The average molecular weight is 428 g/mol. The Kier molecular flexibility index (Phi) is 5.81. The topological polar surface area (TPSA) is 91.0 Å². The lowest BCUT2D eigenvalue weighted by Gasteiger charge is -2.07. The van der Waals surface area contributed by atoms with E-state index in [0.717, 1.165) is 16.7 Å². The predicted octanol–water partition coefficient (Wildman–Crippen LogP) is 5.14. The van der Waals surface area contributed by atoms with Crippen molar-refractivity contribution in [1.29, 1.82) is 0 Å². The van der Waals surface area contributed by atoms with Crippen LogP contribution in [0.15, 0.2) is 77.4 Å². The number of aliphatic imine (C=N–C) groups is 1. The lowest BCUT2D eigenvalue weighted by molar-refractivity contribution is -0.385. The highest BCUT2D eigenvalue weighted by atomic mass is 16.6. The summed E-state index contributed by atoms with van der Waals surface area (Å²) < 4.78 is 11.1. The smallest absolute Gasteiger partial charge is 0.363 e. The maximum absolute atomic E-state index is 12.3. The number of carbonyl (C=O) groups excluding carboxylic acids is 1. The van der Waals surface area contributed by atoms with E-state index >= 15 is 0 Å². The Morgan fingerprint density at radius 1 is 1.06 bits per heavy atom. The van der Waals surface area contributed by atoms with Crippen LogP contribution in [0.2, 0.25) is 0 Å². The first-order valence-electron chi connectivity index (χ1n) is 9.95. The molecule has 0 N–H and O–H groups in total. The molecule has 1 heterocycles. The van der Waals surface area contributed by atoms with Gasteiger partial charge in [0.2, 0.25) is 5.90 Å². The molecule has 0 aromatic heterocycles. The van der Waals surface area contributed by atoms with E-state index in [1.165, 1.54) is 6.07 Å². The van der Waals surface area contributed by atoms with Crippen LogP contribution in [0.3, 0.4) is 0 Å². The number of rotatable bonds is 6. The van der Waals surface area contributed by atoms with Crippen LogP contribution < -0.4 is 4.74 Å². The predicted molar refractivity (Wildman–Crippen MR) is 120 cm³/mol. The van der Waals surface area contributed by atoms with Crippen molar-refractivity contribution in [2.45, 2.75) is 20.5 Å². The van der Waals surface area contributed by atoms with Crippen molar-refractivity contribution in [3.63, 3.8) is 0 Å². The van der Waals surface area contributed by atoms with Gasteiger partial charge in [0.05, 0.1) is 4.92 Å². The van der Waals surface area contributed by atoms with Crippen LogP contribution in [0.25, 0.3) is 6.08 Å². The molecule has 0 saturated heterocycles. The third-order valence-corrected chi connectivity index (χ3v) is 4.92. The number of ether oxygens (including phenoxy) is 2. The van der Waals surface area contributed by atoms with Crippen molar-refractivity contribution in [3.8, 4) is 5.75 Å². The molecule has 4 rings (SSSR count). The summed E-state index contributed by atoms with van der Waals surface area (Å²) in [7, 11) is 0. The van der Waals surface area contributed by atoms with Gasteiger partial charge >= 0.3 is 5.97 Å². The Hall–Kier alpha value is -4.26. The first-order chi connectivity index (χ1) is 15.4. The summed E-state index contributed by atoms with van der Waals surface area (Å²) in [4.78, 5) is 27.3. The first-order valence-corrected chi connectivity index (χ1v) is 9.95. The summed E-state index contributed by atoms with van der Waals surface area (Å²) in [6.07, 6.45) is 1.59. The molecule has 7 nitrogen and oxygen atoms in total. The Morgan fingerprint density at radius 3 is 2.66 bits per heavy atom. The van der Waals surface area contributed by atoms with Gasteiger partial charge in [-0.25, -0.2) is 9.79 Å². The molecule has 160 valence electrons. The number of nitro benzene ring substituents is 1. The minimum Gasteiger partial charge on any atom is -0.489 e. The van der Waals surface area contributed by atoms with Crippen molar-refractivity contribution in [2.75, 3.05) is 0 Å². The molecule has 1 aliphatic rings. The molecule has 1 aliphatic heterocycles. The van der Waals surface area contributed by atoms with Crippen LogP contribution in [0.5, 0.6) is 5.75 Å². The number of hydrogen-bond donors (Lipinski definition) is 0. The highest BCUT2D eigenvalue weighted by molar-refractivity contribution is 6.13. The summed E-state index contributed by atoms with van der Waals surface area (Å²) >= 11 is 0. The summed E-state index contributed by atoms with van der Waals surface area (Å²) in [6.45, 7) is 4.10. The van der Waals surface area contributed by atoms with Crippen LogP contribution in [-0.2, 0) is 16.1 Å². The van der Waals surface area contributed by atoms with Crippen LogP contribution in [0.1, 0.15) is 27.8 Å². The molecule has 0 unspecified atom stereocenters. The molecule has 0 radical (unpaired) electrons. The summed E-state index contributed by atoms with van der Waals surface area (Å²) in [5.41, 5.74) is 3.89. The lowest BCUT2D eigenvalue weighted by atomic mass is 10.1. The lowest BCUT2D eigenvalue weighted by Crippen LogP contribution is -2.06. The summed E-state index contributed by atoms with van der Waals surface area (Å²) in [5, 5.41) is 11.2. The van der Waals surface area contributed by atoms with E-state index in [4.69, 9.17) is 9.47 Å². The number of nitro groups is 1. The molecular formula is C25H20N2O5. The maximum atomic E-state index is 12.3. The van der Waals surface area contributed by atoms with E-state index in [2.05, 4.69) is 11.1 Å². The molecule has 0 atom stereocenters. The van der Waals surface area contributed by atoms with E-state index in [1.807, 2.05) is 43.3 Å². The molecule has 3 aromatic rings. The highest BCUT2D eigenvalue weighted by Crippen LogP contribution is 2.25. The zero-order chi connectivity index (χ0) is 22.7. The van der Waals surface area contributed by atoms with Gasteiger partial charge < -0.3 is 9.47 Å². The summed E-state index contributed by atoms with van der Waals surface area (Å²) in [6, 6.07) is 20.0. The van der Waals surface area contributed by atoms with Gasteiger partial charge in [0.15, 0.2) is 5.70 Å². The van der Waals surface area contributed by atoms with Gasteiger partial charge in [-0.05, 0) is 49.2 Å². The second-order valence-corrected chi connectivity index (χ2v) is 7.44. The monoisotopic (exact) mass is 428 g/mol. The zero-order valence-corrected chi connectivity index (χ0v) is 17.6. The largest absolute Gasteiger partial charge is 0.489 e. The first kappa shape index (κ1) is 21.0. The second kappa shape index (κ2) is 8.85. The van der Waals surface area contributed by atoms with Crippen LogP contribution in [0.4, 0.5) is 5.69 Å². The van der Waals surface area contributed by atoms with Gasteiger partial charge in [-0.2, -0.15) is 0 Å². The average Bonchev–Trinajstić information content (AvgIpc) is 3.13. The number of esters is 1. The van der Waals surface area contributed by atoms with E-state index in [0.29, 0.717) is 23.5 Å². The molecule has 0 fully saturated rings. The van der Waals surface area contributed by atoms with Crippen LogP contribution in [0, 0.1) is 24.0 Å². The fraction of sp³-hybridized carbons (Fsp3) is 0.120. The molecule has 7 heteroatoms. The van der Waals surface area contributed by atoms with Gasteiger partial charge in [0.25, 0.3) is 5.69 Å². The number of hydrogen-bond acceptors (Lipinski definition) is 6. The van der Waals surface area contributed by atoms with Crippen molar-refractivity contribution in [3.05, 3.63) is 110 Å². The van der Waals surface area contributed by atoms with Gasteiger partial charge in [0, 0.05) is 17.2 Å². The fourth-order valence-electron chi connectivity index (χ4n) is 3.29. The van der Waals surface area contributed by atoms with Crippen molar-refractivity contribution < 1.29 is 19.2 Å². The van der Waals surface area contributed by atoms with Crippen molar-refractivity contribution >= 4 is 23.6 Å². The maximum Gasteiger partial charge on any atom is 0.363 e. The van der Waals surface area contributed by atoms with E-state index in [-0.39, 0.29) is 17.3 Å². The molecule has 0 saturated carbocycles. The molecule has 0 spiro atoms. The number of aryl methyl sites for hydroxylation is 2. The van der Waals surface area contributed by atoms with Crippen LogP contribution >= 0.6 is 0 Å². The number of cyclic esters (lactones) is 1. The standard InChI is InChI=1S/C25H20N2O5/c1-16-5-3-7-19(11-16)15-31-21-8-4-6-18(12-21)13-22-25(28)32-24(26-22)20-10-9-17(2)23(14-20)27(29)30/h3-14H,15H2,1-2H3/b22-13-. The van der Waals surface area contributed by atoms with Gasteiger partial charge in [-0.15, -0.1) is 0 Å². The highest BCUT2D eigenvalue weighted by Gasteiger charge is 2.25. The van der Waals surface area contributed by atoms with E-state index < -0.39 is 10.9 Å². The van der Waals surface area contributed by atoms with Gasteiger partial charge in [-0.1, -0.05) is 48.0 Å². The Bertz CT molecular complexity index is 1280. The van der Waals surface area contributed by atoms with Gasteiger partial charge in [-0.3, -0.25) is 10.1 Å². The number of carbonyl (C=O) groups is 1. The summed E-state index contributed by atoms with van der Waals surface area (Å²) in [5.74, 6) is 0.0797. The molecule has 32 heavy (non-hydrogen) atoms. The molecular weight excluding hydrogens is 408 g/mol. The second-order valence-electron chi connectivity index (χ2n) is 7.44. The minimum absolute atomic E-state index is 0.0382. The van der Waals surface area contributed by atoms with E-state index in [9.17, 15) is 14.9 Å². The minimum atomic E-state index is -0.616. The molecule has 0 amide bonds. The van der Waals surface area contributed by atoms with Crippen LogP contribution in [-0.4, -0.2) is 16.8 Å². The van der Waals surface area contributed by atoms with Gasteiger partial charge in [0.1, 0.15) is 12.4 Å².